The molecule has 1 aromatic carbocycles. The Labute approximate surface area is 192 Å². The maximum absolute atomic E-state index is 12.8. The van der Waals surface area contributed by atoms with Crippen LogP contribution in [0.3, 0.4) is 0 Å². The first-order valence-electron chi connectivity index (χ1n) is 10.5. The molecule has 0 radical (unpaired) electrons. The van der Waals surface area contributed by atoms with Crippen LogP contribution in [0.25, 0.3) is 0 Å². The zero-order valence-electron chi connectivity index (χ0n) is 17.9. The van der Waals surface area contributed by atoms with Gasteiger partial charge in [0, 0.05) is 41.7 Å². The average molecular weight is 460 g/mol. The van der Waals surface area contributed by atoms with Crippen LogP contribution in [-0.2, 0) is 16.1 Å². The second-order valence-corrected chi connectivity index (χ2v) is 9.27. The summed E-state index contributed by atoms with van der Waals surface area (Å²) in [5, 5.41) is 9.60. The number of para-hydroxylation sites is 1. The van der Waals surface area contributed by atoms with E-state index in [9.17, 15) is 9.59 Å². The molecule has 166 valence electrons. The van der Waals surface area contributed by atoms with E-state index < -0.39 is 0 Å². The van der Waals surface area contributed by atoms with E-state index in [4.69, 9.17) is 4.74 Å². The number of anilines is 1. The first-order chi connectivity index (χ1) is 15.1. The summed E-state index contributed by atoms with van der Waals surface area (Å²) in [6, 6.07) is 11.7. The van der Waals surface area contributed by atoms with E-state index in [1.54, 1.807) is 52.8 Å². The maximum Gasteiger partial charge on any atom is 0.291 e. The van der Waals surface area contributed by atoms with Gasteiger partial charge >= 0.3 is 0 Å². The molecule has 8 heteroatoms. The Balaban J connectivity index is 1.58. The van der Waals surface area contributed by atoms with Crippen molar-refractivity contribution >= 4 is 40.6 Å². The molecular weight excluding hydrogens is 430 g/mol. The molecule has 2 aromatic rings. The SMILES string of the molecule is CC[C@H](C)N(CCNC(=O)c1ccccc1NC(=O)C1=CSCCO1)Cc1cccs1. The number of carbonyl (C=O) groups is 2. The highest BCUT2D eigenvalue weighted by atomic mass is 32.2. The smallest absolute Gasteiger partial charge is 0.291 e. The van der Waals surface area contributed by atoms with Crippen LogP contribution in [0.15, 0.2) is 52.9 Å². The summed E-state index contributed by atoms with van der Waals surface area (Å²) in [6.07, 6.45) is 1.05. The molecule has 0 saturated carbocycles. The Hall–Kier alpha value is -2.29. The highest BCUT2D eigenvalue weighted by molar-refractivity contribution is 8.02. The summed E-state index contributed by atoms with van der Waals surface area (Å²) >= 11 is 3.29. The highest BCUT2D eigenvalue weighted by Gasteiger charge is 2.19. The number of hydrogen-bond donors (Lipinski definition) is 2. The lowest BCUT2D eigenvalue weighted by molar-refractivity contribution is -0.116. The zero-order valence-corrected chi connectivity index (χ0v) is 19.6. The molecule has 1 aliphatic rings. The molecule has 6 nitrogen and oxygen atoms in total. The van der Waals surface area contributed by atoms with E-state index in [1.807, 2.05) is 0 Å². The van der Waals surface area contributed by atoms with Crippen LogP contribution in [0.5, 0.6) is 0 Å². The molecule has 3 rings (SSSR count). The monoisotopic (exact) mass is 459 g/mol. The molecule has 2 N–H and O–H groups in total. The van der Waals surface area contributed by atoms with Crippen LogP contribution in [0.4, 0.5) is 5.69 Å². The summed E-state index contributed by atoms with van der Waals surface area (Å²) < 4.78 is 5.40. The molecule has 0 bridgehead atoms. The second kappa shape index (κ2) is 11.9. The number of thioether (sulfide) groups is 1. The summed E-state index contributed by atoms with van der Waals surface area (Å²) in [5.41, 5.74) is 0.913. The van der Waals surface area contributed by atoms with Crippen LogP contribution < -0.4 is 10.6 Å². The summed E-state index contributed by atoms with van der Waals surface area (Å²) in [4.78, 5) is 29.0. The lowest BCUT2D eigenvalue weighted by Gasteiger charge is -2.28. The Morgan fingerprint density at radius 2 is 2.03 bits per heavy atom. The molecule has 1 aliphatic heterocycles. The predicted molar refractivity (Wildman–Crippen MR) is 128 cm³/mol. The zero-order chi connectivity index (χ0) is 22.1. The number of nitrogens with zero attached hydrogens (tertiary/aromatic N) is 1. The van der Waals surface area contributed by atoms with Gasteiger partial charge in [-0.3, -0.25) is 14.5 Å². The van der Waals surface area contributed by atoms with Crippen molar-refractivity contribution in [1.29, 1.82) is 0 Å². The minimum atomic E-state index is -0.341. The fourth-order valence-corrected chi connectivity index (χ4v) is 4.54. The van der Waals surface area contributed by atoms with Gasteiger partial charge in [0.25, 0.3) is 11.8 Å². The first kappa shape index (κ1) is 23.4. The standard InChI is InChI=1S/C23H29N3O3S2/c1-3-17(2)26(15-18-7-6-13-31-18)11-10-24-22(27)19-8-4-5-9-20(19)25-23(28)21-16-30-14-12-29-21/h4-9,13,16-17H,3,10-12,14-15H2,1-2H3,(H,24,27)(H,25,28)/t17-/m0/s1. The topological polar surface area (TPSA) is 70.7 Å². The number of ether oxygens (including phenoxy) is 1. The Bertz CT molecular complexity index is 899. The third-order valence-corrected chi connectivity index (χ3v) is 6.77. The maximum atomic E-state index is 12.8. The van der Waals surface area contributed by atoms with Gasteiger partial charge in [-0.2, -0.15) is 0 Å². The molecule has 0 fully saturated rings. The largest absolute Gasteiger partial charge is 0.487 e. The van der Waals surface area contributed by atoms with Gasteiger partial charge in [-0.25, -0.2) is 0 Å². The van der Waals surface area contributed by atoms with E-state index in [-0.39, 0.29) is 17.6 Å². The predicted octanol–water partition coefficient (Wildman–Crippen LogP) is 4.32. The van der Waals surface area contributed by atoms with Crippen LogP contribution in [0.2, 0.25) is 0 Å². The third-order valence-electron chi connectivity index (χ3n) is 5.13. The van der Waals surface area contributed by atoms with Crippen molar-refractivity contribution in [2.45, 2.75) is 32.9 Å². The van der Waals surface area contributed by atoms with Gasteiger partial charge in [0.05, 0.1) is 17.9 Å². The van der Waals surface area contributed by atoms with E-state index in [0.717, 1.165) is 25.3 Å². The van der Waals surface area contributed by atoms with Crippen molar-refractivity contribution < 1.29 is 14.3 Å². The fraction of sp³-hybridized carbons (Fsp3) is 0.391. The summed E-state index contributed by atoms with van der Waals surface area (Å²) in [5.74, 6) is 0.565. The Morgan fingerprint density at radius 3 is 2.74 bits per heavy atom. The van der Waals surface area contributed by atoms with Gasteiger partial charge in [0.2, 0.25) is 0 Å². The van der Waals surface area contributed by atoms with Gasteiger partial charge in [-0.05, 0) is 36.9 Å². The third kappa shape index (κ3) is 6.85. The molecule has 2 heterocycles. The molecule has 1 aromatic heterocycles. The number of nitrogens with one attached hydrogen (secondary N) is 2. The number of hydrogen-bond acceptors (Lipinski definition) is 6. The van der Waals surface area contributed by atoms with E-state index >= 15 is 0 Å². The van der Waals surface area contributed by atoms with Crippen molar-refractivity contribution in [1.82, 2.24) is 10.2 Å². The Morgan fingerprint density at radius 1 is 1.19 bits per heavy atom. The molecule has 0 saturated heterocycles. The fourth-order valence-electron chi connectivity index (χ4n) is 3.19. The molecule has 1 atom stereocenters. The van der Waals surface area contributed by atoms with Crippen molar-refractivity contribution in [2.24, 2.45) is 0 Å². The van der Waals surface area contributed by atoms with Gasteiger partial charge in [0.1, 0.15) is 0 Å². The number of carbonyl (C=O) groups excluding carboxylic acids is 2. The van der Waals surface area contributed by atoms with Gasteiger partial charge < -0.3 is 15.4 Å². The second-order valence-electron chi connectivity index (χ2n) is 7.26. The van der Waals surface area contributed by atoms with E-state index in [0.29, 0.717) is 30.4 Å². The van der Waals surface area contributed by atoms with Crippen LogP contribution in [0.1, 0.15) is 35.5 Å². The highest BCUT2D eigenvalue weighted by Crippen LogP contribution is 2.20. The van der Waals surface area contributed by atoms with Crippen molar-refractivity contribution in [2.75, 3.05) is 30.8 Å². The van der Waals surface area contributed by atoms with Gasteiger partial charge in [-0.1, -0.05) is 25.1 Å². The van der Waals surface area contributed by atoms with Gasteiger partial charge in [0.15, 0.2) is 5.76 Å². The van der Waals surface area contributed by atoms with E-state index in [2.05, 4.69) is 46.9 Å². The summed E-state index contributed by atoms with van der Waals surface area (Å²) in [6.45, 7) is 7.05. The van der Waals surface area contributed by atoms with Crippen molar-refractivity contribution in [3.8, 4) is 0 Å². The molecule has 0 aliphatic carbocycles. The number of benzene rings is 1. The molecule has 2 amide bonds. The molecular formula is C23H29N3O3S2. The normalized spacial score (nSPS) is 14.5. The Kier molecular flexibility index (Phi) is 8.99. The molecule has 0 spiro atoms. The number of amides is 2. The van der Waals surface area contributed by atoms with E-state index in [1.165, 1.54) is 4.88 Å². The lowest BCUT2D eigenvalue weighted by Crippen LogP contribution is -2.39. The van der Waals surface area contributed by atoms with Gasteiger partial charge in [-0.15, -0.1) is 23.1 Å². The number of rotatable bonds is 10. The van der Waals surface area contributed by atoms with Crippen molar-refractivity contribution in [3.05, 3.63) is 63.4 Å². The first-order valence-corrected chi connectivity index (χ1v) is 12.4. The molecule has 0 unspecified atom stereocenters. The molecule has 31 heavy (non-hydrogen) atoms. The van der Waals surface area contributed by atoms with Crippen molar-refractivity contribution in [3.63, 3.8) is 0 Å². The minimum Gasteiger partial charge on any atom is -0.487 e. The van der Waals surface area contributed by atoms with Crippen LogP contribution in [0, 0.1) is 0 Å². The summed E-state index contributed by atoms with van der Waals surface area (Å²) in [7, 11) is 0. The average Bonchev–Trinajstić information content (AvgIpc) is 3.32. The lowest BCUT2D eigenvalue weighted by atomic mass is 10.1. The van der Waals surface area contributed by atoms with Crippen LogP contribution in [-0.4, -0.2) is 48.2 Å². The van der Waals surface area contributed by atoms with Crippen LogP contribution >= 0.6 is 23.1 Å². The number of thiophene rings is 1. The minimum absolute atomic E-state index is 0.205. The quantitative estimate of drug-likeness (QED) is 0.554.